The van der Waals surface area contributed by atoms with Gasteiger partial charge in [-0.15, -0.1) is 0 Å². The maximum atomic E-state index is 9.35. The van der Waals surface area contributed by atoms with Gasteiger partial charge in [-0.3, -0.25) is 0 Å². The van der Waals surface area contributed by atoms with E-state index in [-0.39, 0.29) is 6.61 Å². The summed E-state index contributed by atoms with van der Waals surface area (Å²) in [6, 6.07) is 0. The lowest BCUT2D eigenvalue weighted by atomic mass is 9.96. The fraction of sp³-hybridized carbons (Fsp3) is 1.00. The van der Waals surface area contributed by atoms with Gasteiger partial charge >= 0.3 is 0 Å². The molecule has 1 rings (SSSR count). The summed E-state index contributed by atoms with van der Waals surface area (Å²) in [6.07, 6.45) is 3.03. The molecule has 0 radical (unpaired) electrons. The Kier molecular flexibility index (Phi) is 6.96. The lowest BCUT2D eigenvalue weighted by molar-refractivity contribution is 0.0474. The van der Waals surface area contributed by atoms with E-state index >= 15 is 0 Å². The minimum absolute atomic E-state index is 0.127. The van der Waals surface area contributed by atoms with Gasteiger partial charge in [0.1, 0.15) is 0 Å². The quantitative estimate of drug-likeness (QED) is 0.541. The van der Waals surface area contributed by atoms with Crippen molar-refractivity contribution < 1.29 is 10.2 Å². The Labute approximate surface area is 98.6 Å². The number of hydrogen-bond donors (Lipinski definition) is 3. The first-order valence-corrected chi connectivity index (χ1v) is 6.48. The molecular weight excluding hydrogens is 204 g/mol. The molecule has 0 aromatic rings. The second-order valence-electron chi connectivity index (χ2n) is 4.78. The highest BCUT2D eigenvalue weighted by Gasteiger charge is 2.20. The van der Waals surface area contributed by atoms with Crippen LogP contribution in [0.3, 0.4) is 0 Å². The first kappa shape index (κ1) is 13.9. The molecule has 1 heterocycles. The molecule has 0 saturated carbocycles. The van der Waals surface area contributed by atoms with Crippen LogP contribution in [0, 0.1) is 5.92 Å². The SMILES string of the molecule is CCCNCC1CCN(CC(O)CO)CC1. The molecule has 4 heteroatoms. The van der Waals surface area contributed by atoms with Crippen molar-refractivity contribution >= 4 is 0 Å². The van der Waals surface area contributed by atoms with E-state index in [0.717, 1.165) is 32.1 Å². The van der Waals surface area contributed by atoms with Gasteiger partial charge in [-0.05, 0) is 51.4 Å². The van der Waals surface area contributed by atoms with Gasteiger partial charge in [0.15, 0.2) is 0 Å². The molecule has 3 N–H and O–H groups in total. The van der Waals surface area contributed by atoms with E-state index in [4.69, 9.17) is 5.11 Å². The second kappa shape index (κ2) is 8.01. The summed E-state index contributed by atoms with van der Waals surface area (Å²) in [5.74, 6) is 0.786. The predicted octanol–water partition coefficient (Wildman–Crippen LogP) is 0.0512. The van der Waals surface area contributed by atoms with Crippen molar-refractivity contribution in [1.29, 1.82) is 0 Å². The van der Waals surface area contributed by atoms with Crippen molar-refractivity contribution in [3.8, 4) is 0 Å². The zero-order valence-corrected chi connectivity index (χ0v) is 10.4. The molecule has 1 fully saturated rings. The molecule has 0 bridgehead atoms. The zero-order chi connectivity index (χ0) is 11.8. The lowest BCUT2D eigenvalue weighted by Gasteiger charge is -2.32. The summed E-state index contributed by atoms with van der Waals surface area (Å²) >= 11 is 0. The number of aliphatic hydroxyl groups excluding tert-OH is 2. The minimum Gasteiger partial charge on any atom is -0.394 e. The molecule has 0 aromatic carbocycles. The van der Waals surface area contributed by atoms with Crippen LogP contribution < -0.4 is 5.32 Å². The molecule has 0 aromatic heterocycles. The summed E-state index contributed by atoms with van der Waals surface area (Å²) in [7, 11) is 0. The maximum Gasteiger partial charge on any atom is 0.0897 e. The molecule has 0 aliphatic carbocycles. The van der Waals surface area contributed by atoms with Gasteiger partial charge < -0.3 is 20.4 Å². The van der Waals surface area contributed by atoms with Gasteiger partial charge in [0.2, 0.25) is 0 Å². The zero-order valence-electron chi connectivity index (χ0n) is 10.4. The largest absolute Gasteiger partial charge is 0.394 e. The average molecular weight is 230 g/mol. The number of β-amino-alcohol motifs (C(OH)–C–C–N with tert-alkyl or cyclic N) is 1. The normalized spacial score (nSPS) is 21.2. The molecule has 1 aliphatic heterocycles. The molecular formula is C12H26N2O2. The fourth-order valence-electron chi connectivity index (χ4n) is 2.21. The summed E-state index contributed by atoms with van der Waals surface area (Å²) in [5.41, 5.74) is 0. The number of likely N-dealkylation sites (tertiary alicyclic amines) is 1. The highest BCUT2D eigenvalue weighted by molar-refractivity contribution is 4.75. The van der Waals surface area contributed by atoms with Crippen LogP contribution in [0.25, 0.3) is 0 Å². The maximum absolute atomic E-state index is 9.35. The monoisotopic (exact) mass is 230 g/mol. The molecule has 1 atom stereocenters. The summed E-state index contributed by atoms with van der Waals surface area (Å²) in [4.78, 5) is 2.25. The average Bonchev–Trinajstić information content (AvgIpc) is 2.31. The first-order valence-electron chi connectivity index (χ1n) is 6.48. The lowest BCUT2D eigenvalue weighted by Crippen LogP contribution is -2.41. The van der Waals surface area contributed by atoms with E-state index in [1.165, 1.54) is 19.3 Å². The van der Waals surface area contributed by atoms with E-state index in [2.05, 4.69) is 17.1 Å². The van der Waals surface area contributed by atoms with Crippen LogP contribution in [0.5, 0.6) is 0 Å². The van der Waals surface area contributed by atoms with Crippen LogP contribution in [0.15, 0.2) is 0 Å². The van der Waals surface area contributed by atoms with E-state index in [1.807, 2.05) is 0 Å². The van der Waals surface area contributed by atoms with E-state index in [0.29, 0.717) is 6.54 Å². The molecule has 16 heavy (non-hydrogen) atoms. The van der Waals surface area contributed by atoms with E-state index in [9.17, 15) is 5.11 Å². The van der Waals surface area contributed by atoms with Crippen molar-refractivity contribution in [2.45, 2.75) is 32.3 Å². The molecule has 1 aliphatic rings. The van der Waals surface area contributed by atoms with Gasteiger partial charge in [-0.25, -0.2) is 0 Å². The number of rotatable bonds is 7. The molecule has 0 spiro atoms. The Morgan fingerprint density at radius 3 is 2.62 bits per heavy atom. The number of nitrogens with zero attached hydrogens (tertiary/aromatic N) is 1. The smallest absolute Gasteiger partial charge is 0.0897 e. The second-order valence-corrected chi connectivity index (χ2v) is 4.78. The van der Waals surface area contributed by atoms with Crippen LogP contribution in [0.1, 0.15) is 26.2 Å². The van der Waals surface area contributed by atoms with Crippen molar-refractivity contribution in [2.75, 3.05) is 39.3 Å². The number of piperidine rings is 1. The number of hydrogen-bond acceptors (Lipinski definition) is 4. The van der Waals surface area contributed by atoms with Gasteiger partial charge in [0, 0.05) is 6.54 Å². The Balaban J connectivity index is 2.08. The Hall–Kier alpha value is -0.160. The molecule has 96 valence electrons. The molecule has 1 unspecified atom stereocenters. The highest BCUT2D eigenvalue weighted by atomic mass is 16.3. The van der Waals surface area contributed by atoms with Gasteiger partial charge in [-0.1, -0.05) is 6.92 Å². The van der Waals surface area contributed by atoms with Crippen molar-refractivity contribution in [1.82, 2.24) is 10.2 Å². The number of aliphatic hydroxyl groups is 2. The molecule has 0 amide bonds. The van der Waals surface area contributed by atoms with E-state index < -0.39 is 6.10 Å². The fourth-order valence-corrected chi connectivity index (χ4v) is 2.21. The van der Waals surface area contributed by atoms with Crippen LogP contribution in [-0.2, 0) is 0 Å². The van der Waals surface area contributed by atoms with Crippen LogP contribution in [0.4, 0.5) is 0 Å². The Morgan fingerprint density at radius 1 is 1.38 bits per heavy atom. The standard InChI is InChI=1S/C12H26N2O2/c1-2-5-13-8-11-3-6-14(7-4-11)9-12(16)10-15/h11-13,15-16H,2-10H2,1H3. The van der Waals surface area contributed by atoms with Crippen LogP contribution >= 0.6 is 0 Å². The summed E-state index contributed by atoms with van der Waals surface area (Å²) in [5, 5.41) is 21.6. The van der Waals surface area contributed by atoms with Crippen molar-refractivity contribution in [3.05, 3.63) is 0 Å². The van der Waals surface area contributed by atoms with Crippen LogP contribution in [0.2, 0.25) is 0 Å². The third-order valence-electron chi connectivity index (χ3n) is 3.25. The Morgan fingerprint density at radius 2 is 2.06 bits per heavy atom. The minimum atomic E-state index is -0.574. The molecule has 4 nitrogen and oxygen atoms in total. The van der Waals surface area contributed by atoms with Crippen LogP contribution in [-0.4, -0.2) is 60.5 Å². The summed E-state index contributed by atoms with van der Waals surface area (Å²) < 4.78 is 0. The van der Waals surface area contributed by atoms with Gasteiger partial charge in [0.25, 0.3) is 0 Å². The summed E-state index contributed by atoms with van der Waals surface area (Å²) in [6.45, 7) is 7.02. The Bertz CT molecular complexity index is 170. The van der Waals surface area contributed by atoms with Gasteiger partial charge in [-0.2, -0.15) is 0 Å². The number of nitrogens with one attached hydrogen (secondary N) is 1. The third-order valence-corrected chi connectivity index (χ3v) is 3.25. The van der Waals surface area contributed by atoms with E-state index in [1.54, 1.807) is 0 Å². The topological polar surface area (TPSA) is 55.7 Å². The van der Waals surface area contributed by atoms with Crippen molar-refractivity contribution in [3.63, 3.8) is 0 Å². The molecule has 1 saturated heterocycles. The predicted molar refractivity (Wildman–Crippen MR) is 65.4 cm³/mol. The van der Waals surface area contributed by atoms with Crippen molar-refractivity contribution in [2.24, 2.45) is 5.92 Å². The highest BCUT2D eigenvalue weighted by Crippen LogP contribution is 2.16. The van der Waals surface area contributed by atoms with Gasteiger partial charge in [0.05, 0.1) is 12.7 Å². The third kappa shape index (κ3) is 5.25. The first-order chi connectivity index (χ1) is 7.76.